The Hall–Kier alpha value is -2.63. The molecule has 0 aliphatic heterocycles. The lowest BCUT2D eigenvalue weighted by atomic mass is 10.0. The highest BCUT2D eigenvalue weighted by atomic mass is 19.3. The molecule has 0 atom stereocenters. The van der Waals surface area contributed by atoms with Crippen molar-refractivity contribution in [3.63, 3.8) is 0 Å². The van der Waals surface area contributed by atoms with Crippen molar-refractivity contribution in [2.75, 3.05) is 12.4 Å². The highest BCUT2D eigenvalue weighted by molar-refractivity contribution is 5.85. The van der Waals surface area contributed by atoms with Crippen molar-refractivity contribution in [3.8, 4) is 5.75 Å². The Morgan fingerprint density at radius 2 is 2.00 bits per heavy atom. The monoisotopic (exact) mass is 349 g/mol. The topological polar surface area (TPSA) is 47.6 Å². The van der Waals surface area contributed by atoms with Gasteiger partial charge in [0.2, 0.25) is 0 Å². The predicted octanol–water partition coefficient (Wildman–Crippen LogP) is 5.25. The number of hydrogen-bond donors (Lipinski definition) is 1. The number of anilines is 1. The quantitative estimate of drug-likeness (QED) is 0.774. The van der Waals surface area contributed by atoms with E-state index >= 15 is 0 Å². The maximum atomic E-state index is 13.2. The van der Waals surface area contributed by atoms with Gasteiger partial charge in [0, 0.05) is 5.56 Å². The van der Waals surface area contributed by atoms with E-state index in [9.17, 15) is 13.6 Å². The number of carbonyl (C=O) groups is 1. The zero-order valence-corrected chi connectivity index (χ0v) is 14.4. The molecule has 1 amide bonds. The fourth-order valence-electron chi connectivity index (χ4n) is 2.53. The van der Waals surface area contributed by atoms with E-state index in [1.807, 2.05) is 19.1 Å². The molecule has 0 aliphatic rings. The van der Waals surface area contributed by atoms with Gasteiger partial charge in [-0.05, 0) is 37.1 Å². The number of benzene rings is 2. The second-order valence-corrected chi connectivity index (χ2v) is 5.54. The average Bonchev–Trinajstić information content (AvgIpc) is 2.60. The van der Waals surface area contributed by atoms with Crippen LogP contribution in [-0.2, 0) is 17.8 Å². The smallest absolute Gasteiger partial charge is 0.411 e. The summed E-state index contributed by atoms with van der Waals surface area (Å²) in [7, 11) is 1.27. The zero-order valence-electron chi connectivity index (χ0n) is 14.4. The van der Waals surface area contributed by atoms with E-state index in [0.717, 1.165) is 16.7 Å². The Morgan fingerprint density at radius 3 is 2.64 bits per heavy atom. The van der Waals surface area contributed by atoms with E-state index in [4.69, 9.17) is 4.74 Å². The van der Waals surface area contributed by atoms with Gasteiger partial charge in [0.15, 0.2) is 0 Å². The van der Waals surface area contributed by atoms with Crippen LogP contribution in [0.3, 0.4) is 0 Å². The summed E-state index contributed by atoms with van der Waals surface area (Å²) in [4.78, 5) is 11.5. The summed E-state index contributed by atoms with van der Waals surface area (Å²) in [6.45, 7) is 3.78. The normalized spacial score (nSPS) is 10.6. The number of methoxy groups -OCH3 is 1. The van der Waals surface area contributed by atoms with Crippen LogP contribution in [0.4, 0.5) is 19.3 Å². The fraction of sp³-hybridized carbons (Fsp3) is 0.316. The number of hydrogen-bond acceptors (Lipinski definition) is 3. The molecule has 0 aromatic heterocycles. The molecule has 2 rings (SSSR count). The van der Waals surface area contributed by atoms with Gasteiger partial charge in [0.25, 0.3) is 6.43 Å². The first-order valence-corrected chi connectivity index (χ1v) is 7.93. The van der Waals surface area contributed by atoms with Crippen molar-refractivity contribution in [3.05, 3.63) is 58.7 Å². The third-order valence-corrected chi connectivity index (χ3v) is 3.85. The molecule has 0 spiro atoms. The molecule has 6 heteroatoms. The summed E-state index contributed by atoms with van der Waals surface area (Å²) in [5.74, 6) is 0.135. The van der Waals surface area contributed by atoms with E-state index < -0.39 is 12.5 Å². The van der Waals surface area contributed by atoms with Crippen LogP contribution in [0.2, 0.25) is 0 Å². The second-order valence-electron chi connectivity index (χ2n) is 5.54. The van der Waals surface area contributed by atoms with E-state index in [1.165, 1.54) is 13.2 Å². The van der Waals surface area contributed by atoms with Gasteiger partial charge < -0.3 is 9.47 Å². The van der Waals surface area contributed by atoms with Gasteiger partial charge in [0.1, 0.15) is 12.4 Å². The molecule has 0 saturated carbocycles. The lowest BCUT2D eigenvalue weighted by Crippen LogP contribution is -2.14. The van der Waals surface area contributed by atoms with Crippen molar-refractivity contribution >= 4 is 11.8 Å². The Morgan fingerprint density at radius 1 is 1.24 bits per heavy atom. The number of aryl methyl sites for hydroxylation is 2. The van der Waals surface area contributed by atoms with Crippen LogP contribution in [0.15, 0.2) is 36.4 Å². The number of rotatable bonds is 6. The lowest BCUT2D eigenvalue weighted by molar-refractivity contribution is 0.144. The SMILES string of the molecule is CCc1cccc(NC(=O)OC)c1COc1ccc(C)cc1C(F)F. The van der Waals surface area contributed by atoms with Crippen molar-refractivity contribution < 1.29 is 23.0 Å². The van der Waals surface area contributed by atoms with Gasteiger partial charge in [0.05, 0.1) is 18.4 Å². The van der Waals surface area contributed by atoms with Crippen molar-refractivity contribution in [2.45, 2.75) is 33.3 Å². The number of nitrogens with one attached hydrogen (secondary N) is 1. The molecule has 2 aromatic carbocycles. The molecule has 0 unspecified atom stereocenters. The van der Waals surface area contributed by atoms with Crippen molar-refractivity contribution in [2.24, 2.45) is 0 Å². The van der Waals surface area contributed by atoms with Crippen LogP contribution in [0.5, 0.6) is 5.75 Å². The number of alkyl halides is 2. The van der Waals surface area contributed by atoms with Gasteiger partial charge in [-0.1, -0.05) is 30.7 Å². The highest BCUT2D eigenvalue weighted by Crippen LogP contribution is 2.31. The molecule has 0 heterocycles. The largest absolute Gasteiger partial charge is 0.488 e. The molecular formula is C19H21F2NO3. The van der Waals surface area contributed by atoms with Gasteiger partial charge in [-0.25, -0.2) is 13.6 Å². The molecule has 0 radical (unpaired) electrons. The first-order valence-electron chi connectivity index (χ1n) is 7.93. The third-order valence-electron chi connectivity index (χ3n) is 3.85. The standard InChI is InChI=1S/C19H21F2NO3/c1-4-13-6-5-7-16(22-19(23)24-3)15(13)11-25-17-9-8-12(2)10-14(17)18(20)21/h5-10,18H,4,11H2,1-3H3,(H,22,23). The Balaban J connectivity index is 2.30. The molecular weight excluding hydrogens is 328 g/mol. The number of amides is 1. The molecule has 25 heavy (non-hydrogen) atoms. The number of carbonyl (C=O) groups excluding carboxylic acids is 1. The van der Waals surface area contributed by atoms with Crippen molar-refractivity contribution in [1.29, 1.82) is 0 Å². The van der Waals surface area contributed by atoms with Gasteiger partial charge in [-0.2, -0.15) is 0 Å². The maximum Gasteiger partial charge on any atom is 0.411 e. The molecule has 1 N–H and O–H groups in total. The molecule has 134 valence electrons. The van der Waals surface area contributed by atoms with Crippen LogP contribution in [0.25, 0.3) is 0 Å². The van der Waals surface area contributed by atoms with E-state index in [-0.39, 0.29) is 17.9 Å². The molecule has 2 aromatic rings. The predicted molar refractivity (Wildman–Crippen MR) is 92.3 cm³/mol. The van der Waals surface area contributed by atoms with E-state index in [2.05, 4.69) is 10.1 Å². The fourth-order valence-corrected chi connectivity index (χ4v) is 2.53. The number of halogens is 2. The summed E-state index contributed by atoms with van der Waals surface area (Å²) in [6, 6.07) is 10.1. The van der Waals surface area contributed by atoms with Crippen LogP contribution in [0.1, 0.15) is 35.6 Å². The summed E-state index contributed by atoms with van der Waals surface area (Å²) < 4.78 is 36.7. The Labute approximate surface area is 145 Å². The summed E-state index contributed by atoms with van der Waals surface area (Å²) in [6.07, 6.45) is -2.51. The molecule has 4 nitrogen and oxygen atoms in total. The van der Waals surface area contributed by atoms with Gasteiger partial charge in [-0.15, -0.1) is 0 Å². The lowest BCUT2D eigenvalue weighted by Gasteiger charge is -2.17. The summed E-state index contributed by atoms with van der Waals surface area (Å²) in [5.41, 5.74) is 2.83. The molecule has 0 aliphatic carbocycles. The first-order chi connectivity index (χ1) is 12.0. The zero-order chi connectivity index (χ0) is 18.4. The Bertz CT molecular complexity index is 747. The minimum absolute atomic E-state index is 0.0616. The second kappa shape index (κ2) is 8.46. The maximum absolute atomic E-state index is 13.2. The minimum atomic E-state index is -2.62. The van der Waals surface area contributed by atoms with Crippen LogP contribution < -0.4 is 10.1 Å². The minimum Gasteiger partial charge on any atom is -0.488 e. The van der Waals surface area contributed by atoms with Crippen LogP contribution in [-0.4, -0.2) is 13.2 Å². The third kappa shape index (κ3) is 4.68. The van der Waals surface area contributed by atoms with Crippen LogP contribution >= 0.6 is 0 Å². The van der Waals surface area contributed by atoms with Gasteiger partial charge >= 0.3 is 6.09 Å². The van der Waals surface area contributed by atoms with E-state index in [1.54, 1.807) is 25.1 Å². The molecule has 0 fully saturated rings. The van der Waals surface area contributed by atoms with Gasteiger partial charge in [-0.3, -0.25) is 5.32 Å². The summed E-state index contributed by atoms with van der Waals surface area (Å²) in [5, 5.41) is 2.63. The highest BCUT2D eigenvalue weighted by Gasteiger charge is 2.16. The van der Waals surface area contributed by atoms with Crippen molar-refractivity contribution in [1.82, 2.24) is 0 Å². The average molecular weight is 349 g/mol. The Kier molecular flexibility index (Phi) is 6.33. The molecule has 0 bridgehead atoms. The number of ether oxygens (including phenoxy) is 2. The van der Waals surface area contributed by atoms with Crippen LogP contribution in [0, 0.1) is 6.92 Å². The van der Waals surface area contributed by atoms with E-state index in [0.29, 0.717) is 12.1 Å². The summed E-state index contributed by atoms with van der Waals surface area (Å²) >= 11 is 0. The first kappa shape index (κ1) is 18.7. The molecule has 0 saturated heterocycles.